The summed E-state index contributed by atoms with van der Waals surface area (Å²) in [4.78, 5) is 14.0. The highest BCUT2D eigenvalue weighted by molar-refractivity contribution is 5.75. The van der Waals surface area contributed by atoms with Crippen LogP contribution in [0.3, 0.4) is 0 Å². The van der Waals surface area contributed by atoms with Crippen LogP contribution in [0.4, 0.5) is 0 Å². The fraction of sp³-hybridized carbons (Fsp3) is 0.938. The average Bonchev–Trinajstić information content (AvgIpc) is 2.78. The van der Waals surface area contributed by atoms with Gasteiger partial charge in [0.2, 0.25) is 0 Å². The van der Waals surface area contributed by atoms with E-state index in [2.05, 4.69) is 25.8 Å². The summed E-state index contributed by atoms with van der Waals surface area (Å²) in [6.07, 6.45) is 8.87. The molecule has 0 radical (unpaired) electrons. The van der Waals surface area contributed by atoms with Crippen LogP contribution in [0.25, 0.3) is 0 Å². The first-order valence-electron chi connectivity index (χ1n) is 7.78. The van der Waals surface area contributed by atoms with Crippen molar-refractivity contribution in [1.29, 1.82) is 0 Å². The Morgan fingerprint density at radius 1 is 1.16 bits per heavy atom. The molecule has 0 aliphatic heterocycles. The largest absolute Gasteiger partial charge is 0.481 e. The summed E-state index contributed by atoms with van der Waals surface area (Å²) < 4.78 is 0. The van der Waals surface area contributed by atoms with Crippen LogP contribution in [0.15, 0.2) is 0 Å². The zero-order valence-electron chi connectivity index (χ0n) is 12.7. The fourth-order valence-electron chi connectivity index (χ4n) is 3.92. The zero-order valence-corrected chi connectivity index (χ0v) is 12.7. The maximum absolute atomic E-state index is 11.6. The van der Waals surface area contributed by atoms with E-state index in [1.165, 1.54) is 25.7 Å². The van der Waals surface area contributed by atoms with Gasteiger partial charge in [-0.15, -0.1) is 0 Å². The number of aliphatic carboxylic acids is 1. The number of carboxylic acids is 1. The lowest BCUT2D eigenvalue weighted by Crippen LogP contribution is -2.45. The number of carboxylic acid groups (broad SMARTS) is 1. The molecule has 2 rings (SSSR count). The van der Waals surface area contributed by atoms with E-state index in [-0.39, 0.29) is 0 Å². The summed E-state index contributed by atoms with van der Waals surface area (Å²) >= 11 is 0. The molecule has 0 bridgehead atoms. The van der Waals surface area contributed by atoms with Gasteiger partial charge in [-0.3, -0.25) is 4.79 Å². The molecule has 0 amide bonds. The molecule has 0 aromatic heterocycles. The topological polar surface area (TPSA) is 40.5 Å². The lowest BCUT2D eigenvalue weighted by atomic mass is 9.75. The van der Waals surface area contributed by atoms with Gasteiger partial charge in [-0.05, 0) is 51.0 Å². The highest BCUT2D eigenvalue weighted by Crippen LogP contribution is 2.41. The van der Waals surface area contributed by atoms with Crippen molar-refractivity contribution in [3.8, 4) is 0 Å². The van der Waals surface area contributed by atoms with E-state index in [4.69, 9.17) is 0 Å². The molecular weight excluding hydrogens is 238 g/mol. The van der Waals surface area contributed by atoms with Gasteiger partial charge < -0.3 is 10.0 Å². The van der Waals surface area contributed by atoms with E-state index in [0.29, 0.717) is 11.5 Å². The van der Waals surface area contributed by atoms with Crippen molar-refractivity contribution in [2.75, 3.05) is 13.6 Å². The lowest BCUT2D eigenvalue weighted by molar-refractivity contribution is -0.150. The maximum atomic E-state index is 11.6. The first kappa shape index (κ1) is 14.8. The van der Waals surface area contributed by atoms with Crippen LogP contribution in [-0.2, 0) is 4.79 Å². The highest BCUT2D eigenvalue weighted by Gasteiger charge is 2.43. The molecule has 3 nitrogen and oxygen atoms in total. The third-order valence-corrected chi connectivity index (χ3v) is 5.50. The molecule has 0 unspecified atom stereocenters. The van der Waals surface area contributed by atoms with Gasteiger partial charge in [0.25, 0.3) is 0 Å². The summed E-state index contributed by atoms with van der Waals surface area (Å²) in [6.45, 7) is 5.44. The quantitative estimate of drug-likeness (QED) is 0.847. The SMILES string of the molecule is CN(CC1(C(=O)O)CCCC1)C1CCC(C)(C)CC1. The first-order valence-corrected chi connectivity index (χ1v) is 7.78. The van der Waals surface area contributed by atoms with Crippen molar-refractivity contribution in [3.05, 3.63) is 0 Å². The van der Waals surface area contributed by atoms with Gasteiger partial charge in [0.15, 0.2) is 0 Å². The van der Waals surface area contributed by atoms with E-state index in [1.807, 2.05) is 0 Å². The Bertz CT molecular complexity index is 322. The van der Waals surface area contributed by atoms with Gasteiger partial charge in [-0.25, -0.2) is 0 Å². The number of nitrogens with zero attached hydrogens (tertiary/aromatic N) is 1. The van der Waals surface area contributed by atoms with Gasteiger partial charge in [-0.1, -0.05) is 26.7 Å². The molecule has 0 spiro atoms. The Labute approximate surface area is 117 Å². The number of rotatable bonds is 4. The van der Waals surface area contributed by atoms with Crippen molar-refractivity contribution >= 4 is 5.97 Å². The summed E-state index contributed by atoms with van der Waals surface area (Å²) in [7, 11) is 2.13. The van der Waals surface area contributed by atoms with Gasteiger partial charge in [0, 0.05) is 12.6 Å². The minimum absolute atomic E-state index is 0.457. The predicted octanol–water partition coefficient (Wildman–Crippen LogP) is 3.53. The third-order valence-electron chi connectivity index (χ3n) is 5.50. The predicted molar refractivity (Wildman–Crippen MR) is 77.2 cm³/mol. The van der Waals surface area contributed by atoms with Gasteiger partial charge in [0.05, 0.1) is 5.41 Å². The summed E-state index contributed by atoms with van der Waals surface area (Å²) in [5.41, 5.74) is 0.0247. The van der Waals surface area contributed by atoms with E-state index in [1.54, 1.807) is 0 Å². The molecule has 2 saturated carbocycles. The highest BCUT2D eigenvalue weighted by atomic mass is 16.4. The van der Waals surface area contributed by atoms with Crippen molar-refractivity contribution < 1.29 is 9.90 Å². The van der Waals surface area contributed by atoms with Crippen LogP contribution in [-0.4, -0.2) is 35.6 Å². The number of carbonyl (C=O) groups is 1. The Hall–Kier alpha value is -0.570. The van der Waals surface area contributed by atoms with Crippen LogP contribution in [0.1, 0.15) is 65.2 Å². The molecular formula is C16H29NO2. The van der Waals surface area contributed by atoms with Crippen LogP contribution >= 0.6 is 0 Å². The second kappa shape index (κ2) is 5.43. The molecule has 0 heterocycles. The maximum Gasteiger partial charge on any atom is 0.310 e. The molecule has 19 heavy (non-hydrogen) atoms. The first-order chi connectivity index (χ1) is 8.85. The molecule has 0 aromatic carbocycles. The third kappa shape index (κ3) is 3.31. The normalized spacial score (nSPS) is 26.7. The molecule has 0 saturated heterocycles. The Kier molecular flexibility index (Phi) is 4.24. The summed E-state index contributed by atoms with van der Waals surface area (Å²) in [5.74, 6) is -0.576. The standard InChI is InChI=1S/C16H29NO2/c1-15(2)10-6-13(7-11-15)17(3)12-16(14(18)19)8-4-5-9-16/h13H,4-12H2,1-3H3,(H,18,19). The number of hydrogen-bond acceptors (Lipinski definition) is 2. The van der Waals surface area contributed by atoms with Crippen molar-refractivity contribution in [1.82, 2.24) is 4.90 Å². The lowest BCUT2D eigenvalue weighted by Gasteiger charge is -2.41. The Morgan fingerprint density at radius 2 is 1.68 bits per heavy atom. The summed E-state index contributed by atoms with van der Waals surface area (Å²) in [5, 5.41) is 9.57. The van der Waals surface area contributed by atoms with Crippen LogP contribution < -0.4 is 0 Å². The van der Waals surface area contributed by atoms with Gasteiger partial charge in [-0.2, -0.15) is 0 Å². The van der Waals surface area contributed by atoms with E-state index < -0.39 is 11.4 Å². The molecule has 2 aliphatic carbocycles. The van der Waals surface area contributed by atoms with E-state index >= 15 is 0 Å². The van der Waals surface area contributed by atoms with Gasteiger partial charge >= 0.3 is 5.97 Å². The second-order valence-electron chi connectivity index (χ2n) is 7.60. The van der Waals surface area contributed by atoms with Crippen LogP contribution in [0.2, 0.25) is 0 Å². The molecule has 2 fully saturated rings. The Balaban J connectivity index is 1.93. The van der Waals surface area contributed by atoms with Crippen LogP contribution in [0.5, 0.6) is 0 Å². The monoisotopic (exact) mass is 267 g/mol. The van der Waals surface area contributed by atoms with Crippen molar-refractivity contribution in [2.24, 2.45) is 10.8 Å². The number of hydrogen-bond donors (Lipinski definition) is 1. The minimum atomic E-state index is -0.576. The van der Waals surface area contributed by atoms with Gasteiger partial charge in [0.1, 0.15) is 0 Å². The molecule has 0 aromatic rings. The molecule has 110 valence electrons. The average molecular weight is 267 g/mol. The molecule has 3 heteroatoms. The van der Waals surface area contributed by atoms with E-state index in [0.717, 1.165) is 32.2 Å². The zero-order chi connectivity index (χ0) is 14.1. The smallest absolute Gasteiger partial charge is 0.310 e. The molecule has 0 atom stereocenters. The molecule has 2 aliphatic rings. The second-order valence-corrected chi connectivity index (χ2v) is 7.60. The van der Waals surface area contributed by atoms with Crippen molar-refractivity contribution in [3.63, 3.8) is 0 Å². The Morgan fingerprint density at radius 3 is 2.16 bits per heavy atom. The molecule has 1 N–H and O–H groups in total. The fourth-order valence-corrected chi connectivity index (χ4v) is 3.92. The van der Waals surface area contributed by atoms with E-state index in [9.17, 15) is 9.90 Å². The van der Waals surface area contributed by atoms with Crippen LogP contribution in [0, 0.1) is 10.8 Å². The van der Waals surface area contributed by atoms with Crippen molar-refractivity contribution in [2.45, 2.75) is 71.3 Å². The minimum Gasteiger partial charge on any atom is -0.481 e. The summed E-state index contributed by atoms with van der Waals surface area (Å²) in [6, 6.07) is 0.588.